The minimum absolute atomic E-state index is 0.278. The molecule has 0 fully saturated rings. The summed E-state index contributed by atoms with van der Waals surface area (Å²) < 4.78 is 26.9. The summed E-state index contributed by atoms with van der Waals surface area (Å²) in [4.78, 5) is 15.8. The summed E-state index contributed by atoms with van der Waals surface area (Å²) >= 11 is 0. The van der Waals surface area contributed by atoms with Crippen LogP contribution in [0.1, 0.15) is 27.7 Å². The van der Waals surface area contributed by atoms with Gasteiger partial charge in [-0.2, -0.15) is 0 Å². The lowest BCUT2D eigenvalue weighted by atomic mass is 9.95. The second-order valence-electron chi connectivity index (χ2n) is 5.96. The third-order valence-electron chi connectivity index (χ3n) is 4.07. The lowest BCUT2D eigenvalue weighted by molar-refractivity contribution is 0.100. The second-order valence-corrected chi connectivity index (χ2v) is 5.96. The molecule has 0 aliphatic carbocycles. The zero-order valence-electron chi connectivity index (χ0n) is 13.8. The fourth-order valence-corrected chi connectivity index (χ4v) is 2.82. The molecule has 0 aliphatic heterocycles. The highest BCUT2D eigenvalue weighted by molar-refractivity contribution is 5.94. The number of aromatic nitrogens is 1. The van der Waals surface area contributed by atoms with E-state index in [0.717, 1.165) is 17.2 Å². The van der Waals surface area contributed by atoms with Crippen LogP contribution in [-0.2, 0) is 6.42 Å². The third-order valence-corrected chi connectivity index (χ3v) is 4.07. The molecule has 6 heteroatoms. The van der Waals surface area contributed by atoms with Crippen molar-refractivity contribution in [3.63, 3.8) is 0 Å². The van der Waals surface area contributed by atoms with Gasteiger partial charge in [0.2, 0.25) is 5.91 Å². The topological polar surface area (TPSA) is 82.0 Å². The molecular weight excluding hydrogens is 336 g/mol. The highest BCUT2D eigenvalue weighted by atomic mass is 19.1. The molecule has 4 nitrogen and oxygen atoms in total. The van der Waals surface area contributed by atoms with E-state index in [1.165, 1.54) is 12.1 Å². The van der Waals surface area contributed by atoms with Crippen LogP contribution in [0.4, 0.5) is 8.78 Å². The molecule has 0 spiro atoms. The van der Waals surface area contributed by atoms with E-state index in [2.05, 4.69) is 4.98 Å². The molecule has 132 valence electrons. The molecular formula is C20H17F2N3O. The van der Waals surface area contributed by atoms with E-state index < -0.39 is 23.6 Å². The molecule has 1 unspecified atom stereocenters. The molecule has 3 aromatic rings. The third kappa shape index (κ3) is 3.92. The fraction of sp³-hybridized carbons (Fsp3) is 0.100. The van der Waals surface area contributed by atoms with Crippen molar-refractivity contribution >= 4 is 5.91 Å². The number of hydrogen-bond acceptors (Lipinski definition) is 3. The summed E-state index contributed by atoms with van der Waals surface area (Å²) in [5.41, 5.74) is 14.4. The maximum atomic E-state index is 13.4. The van der Waals surface area contributed by atoms with Crippen molar-refractivity contribution in [2.45, 2.75) is 12.5 Å². The van der Waals surface area contributed by atoms with E-state index in [1.807, 2.05) is 12.1 Å². The van der Waals surface area contributed by atoms with Gasteiger partial charge in [0.05, 0.1) is 5.69 Å². The molecule has 1 heterocycles. The Morgan fingerprint density at radius 1 is 1.04 bits per heavy atom. The predicted molar refractivity (Wildman–Crippen MR) is 95.2 cm³/mol. The number of rotatable bonds is 5. The number of hydrogen-bond donors (Lipinski definition) is 2. The van der Waals surface area contributed by atoms with Crippen molar-refractivity contribution in [1.82, 2.24) is 4.98 Å². The van der Waals surface area contributed by atoms with E-state index in [0.29, 0.717) is 16.8 Å². The van der Waals surface area contributed by atoms with Crippen LogP contribution < -0.4 is 11.5 Å². The number of amides is 1. The van der Waals surface area contributed by atoms with E-state index in [4.69, 9.17) is 11.5 Å². The van der Waals surface area contributed by atoms with E-state index in [9.17, 15) is 13.6 Å². The number of primary amides is 1. The highest BCUT2D eigenvalue weighted by Crippen LogP contribution is 2.27. The van der Waals surface area contributed by atoms with Gasteiger partial charge < -0.3 is 11.5 Å². The Labute approximate surface area is 149 Å². The van der Waals surface area contributed by atoms with Crippen molar-refractivity contribution < 1.29 is 13.6 Å². The number of nitrogens with zero attached hydrogens (tertiary/aromatic N) is 1. The first-order valence-corrected chi connectivity index (χ1v) is 8.00. The van der Waals surface area contributed by atoms with E-state index in [1.54, 1.807) is 30.5 Å². The van der Waals surface area contributed by atoms with Crippen LogP contribution in [-0.4, -0.2) is 10.9 Å². The fourth-order valence-electron chi connectivity index (χ4n) is 2.82. The summed E-state index contributed by atoms with van der Waals surface area (Å²) in [6.45, 7) is 0. The van der Waals surface area contributed by atoms with Gasteiger partial charge in [-0.25, -0.2) is 8.78 Å². The van der Waals surface area contributed by atoms with Crippen LogP contribution >= 0.6 is 0 Å². The Bertz CT molecular complexity index is 939. The molecule has 0 aliphatic rings. The quantitative estimate of drug-likeness (QED) is 0.738. The van der Waals surface area contributed by atoms with Crippen LogP contribution in [0.25, 0.3) is 11.1 Å². The molecule has 26 heavy (non-hydrogen) atoms. The van der Waals surface area contributed by atoms with Crippen molar-refractivity contribution in [3.05, 3.63) is 89.2 Å². The van der Waals surface area contributed by atoms with E-state index >= 15 is 0 Å². The van der Waals surface area contributed by atoms with Crippen molar-refractivity contribution in [1.29, 1.82) is 0 Å². The number of carbonyl (C=O) groups excluding carboxylic acids is 1. The molecule has 1 aromatic heterocycles. The minimum Gasteiger partial charge on any atom is -0.366 e. The molecule has 0 radical (unpaired) electrons. The standard InChI is InChI=1S/C20H17F2N3O/c21-15-8-14(9-16(22)10-15)18(23)11-19-17(5-2-6-25-19)12-3-1-4-13(7-12)20(24)26/h1-10,18H,11,23H2,(H2,24,26). The summed E-state index contributed by atoms with van der Waals surface area (Å²) in [6, 6.07) is 13.1. The molecule has 0 saturated carbocycles. The maximum absolute atomic E-state index is 13.4. The van der Waals surface area contributed by atoms with Gasteiger partial charge in [0.1, 0.15) is 11.6 Å². The number of pyridine rings is 1. The SMILES string of the molecule is NC(=O)c1cccc(-c2cccnc2CC(N)c2cc(F)cc(F)c2)c1. The van der Waals surface area contributed by atoms with Gasteiger partial charge in [0.15, 0.2) is 0 Å². The monoisotopic (exact) mass is 353 g/mol. The highest BCUT2D eigenvalue weighted by Gasteiger charge is 2.15. The lowest BCUT2D eigenvalue weighted by Crippen LogP contribution is -2.15. The Hall–Kier alpha value is -3.12. The average molecular weight is 353 g/mol. The first-order valence-electron chi connectivity index (χ1n) is 8.00. The van der Waals surface area contributed by atoms with Crippen LogP contribution in [0, 0.1) is 11.6 Å². The largest absolute Gasteiger partial charge is 0.366 e. The first kappa shape index (κ1) is 17.7. The Morgan fingerprint density at radius 3 is 2.46 bits per heavy atom. The first-order chi connectivity index (χ1) is 12.4. The van der Waals surface area contributed by atoms with Gasteiger partial charge in [-0.3, -0.25) is 9.78 Å². The number of benzene rings is 2. The minimum atomic E-state index is -0.675. The summed E-state index contributed by atoms with van der Waals surface area (Å²) in [5.74, 6) is -1.87. The van der Waals surface area contributed by atoms with Crippen molar-refractivity contribution in [2.75, 3.05) is 0 Å². The zero-order chi connectivity index (χ0) is 18.7. The Kier molecular flexibility index (Phi) is 5.04. The van der Waals surface area contributed by atoms with Crippen LogP contribution in [0.5, 0.6) is 0 Å². The Balaban J connectivity index is 1.95. The van der Waals surface area contributed by atoms with Crippen LogP contribution in [0.2, 0.25) is 0 Å². The number of halogens is 2. The molecule has 2 aromatic carbocycles. The smallest absolute Gasteiger partial charge is 0.248 e. The summed E-state index contributed by atoms with van der Waals surface area (Å²) in [6.07, 6.45) is 1.90. The number of carbonyl (C=O) groups is 1. The van der Waals surface area contributed by atoms with Gasteiger partial charge in [-0.15, -0.1) is 0 Å². The molecule has 3 rings (SSSR count). The average Bonchev–Trinajstić information content (AvgIpc) is 2.61. The van der Waals surface area contributed by atoms with Gasteiger partial charge in [0.25, 0.3) is 0 Å². The summed E-state index contributed by atoms with van der Waals surface area (Å²) in [7, 11) is 0. The van der Waals surface area contributed by atoms with Gasteiger partial charge in [0, 0.05) is 35.9 Å². The normalized spacial score (nSPS) is 12.0. The maximum Gasteiger partial charge on any atom is 0.248 e. The van der Waals surface area contributed by atoms with Gasteiger partial charge in [-0.05, 0) is 41.5 Å². The van der Waals surface area contributed by atoms with Gasteiger partial charge in [-0.1, -0.05) is 18.2 Å². The van der Waals surface area contributed by atoms with Crippen molar-refractivity contribution in [2.24, 2.45) is 11.5 Å². The Morgan fingerprint density at radius 2 is 1.77 bits per heavy atom. The molecule has 0 bridgehead atoms. The van der Waals surface area contributed by atoms with Crippen LogP contribution in [0.15, 0.2) is 60.8 Å². The van der Waals surface area contributed by atoms with Crippen molar-refractivity contribution in [3.8, 4) is 11.1 Å². The number of nitrogens with two attached hydrogens (primary N) is 2. The molecule has 1 atom stereocenters. The molecule has 4 N–H and O–H groups in total. The zero-order valence-corrected chi connectivity index (χ0v) is 13.8. The predicted octanol–water partition coefficient (Wildman–Crippen LogP) is 3.37. The van der Waals surface area contributed by atoms with E-state index in [-0.39, 0.29) is 6.42 Å². The molecule has 1 amide bonds. The molecule has 0 saturated heterocycles. The lowest BCUT2D eigenvalue weighted by Gasteiger charge is -2.15. The summed E-state index contributed by atoms with van der Waals surface area (Å²) in [5, 5.41) is 0. The van der Waals surface area contributed by atoms with Gasteiger partial charge >= 0.3 is 0 Å². The van der Waals surface area contributed by atoms with Crippen LogP contribution in [0.3, 0.4) is 0 Å². The second kappa shape index (κ2) is 7.41.